The predicted octanol–water partition coefficient (Wildman–Crippen LogP) is 5.73. The Labute approximate surface area is 203 Å². The highest BCUT2D eigenvalue weighted by atomic mass is 35.5. The number of thiazole rings is 1. The Bertz CT molecular complexity index is 1480. The first-order valence-electron chi connectivity index (χ1n) is 10.3. The number of Topliss-reactive ketones (excluding diaryl/α,β-unsaturated/α-hetero) is 1. The third-order valence-corrected chi connectivity index (χ3v) is 7.16. The summed E-state index contributed by atoms with van der Waals surface area (Å²) >= 11 is 6.95. The molecule has 2 aromatic heterocycles. The third-order valence-electron chi connectivity index (χ3n) is 5.85. The standard InChI is InChI=1S/C25H17ClFN3O3S/c1-12-5-6-14(8-13(12)2)22(31)20-21(15-4-3-7-28-11-15)30(24(33)23(20)32)25-29-18-9-16(26)17(27)10-19(18)34-25/h3-11,21,31H,1-2H3/b22-20+. The van der Waals surface area contributed by atoms with Crippen molar-refractivity contribution in [3.05, 3.63) is 93.5 Å². The number of carbonyl (C=O) groups excluding carboxylic acids is 2. The molecule has 0 bridgehead atoms. The number of fused-ring (bicyclic) bond motifs is 1. The van der Waals surface area contributed by atoms with E-state index >= 15 is 0 Å². The van der Waals surface area contributed by atoms with Crippen LogP contribution < -0.4 is 4.90 Å². The van der Waals surface area contributed by atoms with E-state index in [1.807, 2.05) is 19.9 Å². The van der Waals surface area contributed by atoms with E-state index in [1.54, 1.807) is 30.5 Å². The number of aliphatic hydroxyl groups is 1. The van der Waals surface area contributed by atoms with Gasteiger partial charge >= 0.3 is 5.91 Å². The zero-order chi connectivity index (χ0) is 24.1. The van der Waals surface area contributed by atoms with E-state index in [9.17, 15) is 19.1 Å². The number of rotatable bonds is 3. The van der Waals surface area contributed by atoms with Gasteiger partial charge in [0.1, 0.15) is 11.6 Å². The summed E-state index contributed by atoms with van der Waals surface area (Å²) in [6.45, 7) is 3.84. The second kappa shape index (κ2) is 8.30. The topological polar surface area (TPSA) is 83.4 Å². The summed E-state index contributed by atoms with van der Waals surface area (Å²) in [6.07, 6.45) is 3.10. The van der Waals surface area contributed by atoms with E-state index in [2.05, 4.69) is 9.97 Å². The van der Waals surface area contributed by atoms with Crippen LogP contribution in [0.1, 0.15) is 28.3 Å². The highest BCUT2D eigenvalue weighted by Gasteiger charge is 2.48. The maximum Gasteiger partial charge on any atom is 0.301 e. The minimum Gasteiger partial charge on any atom is -0.507 e. The molecule has 0 radical (unpaired) electrons. The number of aryl methyl sites for hydroxylation is 2. The maximum atomic E-state index is 14.0. The van der Waals surface area contributed by atoms with Crippen LogP contribution in [0.25, 0.3) is 16.0 Å². The molecular formula is C25H17ClFN3O3S. The Kier molecular flexibility index (Phi) is 5.42. The van der Waals surface area contributed by atoms with Crippen LogP contribution in [0.5, 0.6) is 0 Å². The predicted molar refractivity (Wildman–Crippen MR) is 130 cm³/mol. The van der Waals surface area contributed by atoms with Crippen LogP contribution in [0.15, 0.2) is 60.4 Å². The van der Waals surface area contributed by atoms with Crippen molar-refractivity contribution in [1.82, 2.24) is 9.97 Å². The third kappa shape index (κ3) is 3.55. The number of halogens is 2. The Morgan fingerprint density at radius 3 is 2.65 bits per heavy atom. The minimum absolute atomic E-state index is 0.0651. The van der Waals surface area contributed by atoms with Crippen molar-refractivity contribution >= 4 is 55.7 Å². The summed E-state index contributed by atoms with van der Waals surface area (Å²) in [5.41, 5.74) is 3.24. The number of hydrogen-bond acceptors (Lipinski definition) is 6. The lowest BCUT2D eigenvalue weighted by atomic mass is 9.95. The lowest BCUT2D eigenvalue weighted by Crippen LogP contribution is -2.29. The second-order valence-corrected chi connectivity index (χ2v) is 9.40. The quantitative estimate of drug-likeness (QED) is 0.224. The lowest BCUT2D eigenvalue weighted by Gasteiger charge is -2.22. The van der Waals surface area contributed by atoms with Gasteiger partial charge < -0.3 is 5.11 Å². The fourth-order valence-corrected chi connectivity index (χ4v) is 5.10. The molecule has 1 aliphatic rings. The molecule has 1 atom stereocenters. The summed E-state index contributed by atoms with van der Waals surface area (Å²) in [5.74, 6) is -2.57. The summed E-state index contributed by atoms with van der Waals surface area (Å²) in [6, 6.07) is 10.4. The molecule has 170 valence electrons. The smallest absolute Gasteiger partial charge is 0.301 e. The van der Waals surface area contributed by atoms with Gasteiger partial charge in [0, 0.05) is 18.0 Å². The van der Waals surface area contributed by atoms with Crippen molar-refractivity contribution in [2.24, 2.45) is 0 Å². The van der Waals surface area contributed by atoms with Crippen LogP contribution in [-0.4, -0.2) is 26.8 Å². The Hall–Kier alpha value is -3.62. The zero-order valence-corrected chi connectivity index (χ0v) is 19.6. The fourth-order valence-electron chi connectivity index (χ4n) is 3.94. The second-order valence-electron chi connectivity index (χ2n) is 7.98. The number of anilines is 1. The molecule has 0 aliphatic carbocycles. The minimum atomic E-state index is -0.962. The van der Waals surface area contributed by atoms with Crippen LogP contribution in [0.4, 0.5) is 9.52 Å². The molecule has 1 saturated heterocycles. The first-order chi connectivity index (χ1) is 16.3. The maximum absolute atomic E-state index is 14.0. The molecule has 34 heavy (non-hydrogen) atoms. The zero-order valence-electron chi connectivity index (χ0n) is 18.0. The molecule has 2 aromatic carbocycles. The largest absolute Gasteiger partial charge is 0.507 e. The fraction of sp³-hybridized carbons (Fsp3) is 0.120. The van der Waals surface area contributed by atoms with Gasteiger partial charge in [-0.05, 0) is 54.8 Å². The number of carbonyl (C=O) groups is 2. The molecule has 1 amide bonds. The molecule has 1 fully saturated rings. The van der Waals surface area contributed by atoms with Crippen molar-refractivity contribution in [3.63, 3.8) is 0 Å². The van der Waals surface area contributed by atoms with E-state index in [0.717, 1.165) is 22.5 Å². The SMILES string of the molecule is Cc1ccc(/C(O)=C2\C(=O)C(=O)N(c3nc4cc(Cl)c(F)cc4s3)C2c2cccnc2)cc1C. The van der Waals surface area contributed by atoms with Crippen molar-refractivity contribution in [2.75, 3.05) is 4.90 Å². The van der Waals surface area contributed by atoms with Crippen molar-refractivity contribution in [2.45, 2.75) is 19.9 Å². The highest BCUT2D eigenvalue weighted by molar-refractivity contribution is 7.22. The van der Waals surface area contributed by atoms with Gasteiger partial charge in [-0.1, -0.05) is 41.1 Å². The number of aromatic nitrogens is 2. The normalized spacial score (nSPS) is 17.6. The van der Waals surface area contributed by atoms with Gasteiger partial charge in [0.25, 0.3) is 5.78 Å². The van der Waals surface area contributed by atoms with Gasteiger partial charge in [-0.25, -0.2) is 9.37 Å². The molecule has 1 aliphatic heterocycles. The first kappa shape index (κ1) is 22.2. The van der Waals surface area contributed by atoms with Gasteiger partial charge in [-0.2, -0.15) is 0 Å². The molecule has 4 aromatic rings. The Morgan fingerprint density at radius 1 is 1.15 bits per heavy atom. The van der Waals surface area contributed by atoms with Crippen molar-refractivity contribution in [3.8, 4) is 0 Å². The van der Waals surface area contributed by atoms with Crippen LogP contribution in [0.3, 0.4) is 0 Å². The molecule has 0 saturated carbocycles. The van der Waals surface area contributed by atoms with Crippen molar-refractivity contribution < 1.29 is 19.1 Å². The number of amides is 1. The van der Waals surface area contributed by atoms with E-state index < -0.39 is 23.5 Å². The van der Waals surface area contributed by atoms with Gasteiger partial charge in [0.05, 0.1) is 26.9 Å². The molecule has 6 nitrogen and oxygen atoms in total. The monoisotopic (exact) mass is 493 g/mol. The summed E-state index contributed by atoms with van der Waals surface area (Å²) in [4.78, 5) is 36.3. The Morgan fingerprint density at radius 2 is 1.94 bits per heavy atom. The highest BCUT2D eigenvalue weighted by Crippen LogP contribution is 2.44. The number of benzene rings is 2. The van der Waals surface area contributed by atoms with Gasteiger partial charge in [0.15, 0.2) is 5.13 Å². The van der Waals surface area contributed by atoms with E-state index in [0.29, 0.717) is 21.3 Å². The van der Waals surface area contributed by atoms with Crippen LogP contribution in [-0.2, 0) is 9.59 Å². The van der Waals surface area contributed by atoms with Crippen LogP contribution in [0.2, 0.25) is 5.02 Å². The van der Waals surface area contributed by atoms with Crippen LogP contribution >= 0.6 is 22.9 Å². The number of aliphatic hydroxyl groups excluding tert-OH is 1. The molecule has 5 rings (SSSR count). The summed E-state index contributed by atoms with van der Waals surface area (Å²) in [5, 5.41) is 11.3. The summed E-state index contributed by atoms with van der Waals surface area (Å²) < 4.78 is 14.5. The molecule has 9 heteroatoms. The molecule has 1 N–H and O–H groups in total. The molecule has 1 unspecified atom stereocenters. The molecule has 3 heterocycles. The number of pyridine rings is 1. The number of ketones is 1. The Balaban J connectivity index is 1.73. The number of hydrogen-bond donors (Lipinski definition) is 1. The van der Waals surface area contributed by atoms with Gasteiger partial charge in [0.2, 0.25) is 0 Å². The van der Waals surface area contributed by atoms with Crippen molar-refractivity contribution in [1.29, 1.82) is 0 Å². The van der Waals surface area contributed by atoms with E-state index in [1.165, 1.54) is 23.2 Å². The van der Waals surface area contributed by atoms with Gasteiger partial charge in [-0.3, -0.25) is 19.5 Å². The average Bonchev–Trinajstić information content (AvgIpc) is 3.33. The average molecular weight is 494 g/mol. The molecular weight excluding hydrogens is 477 g/mol. The van der Waals surface area contributed by atoms with Crippen LogP contribution in [0, 0.1) is 19.7 Å². The summed E-state index contributed by atoms with van der Waals surface area (Å²) in [7, 11) is 0. The lowest BCUT2D eigenvalue weighted by molar-refractivity contribution is -0.132. The molecule has 0 spiro atoms. The first-order valence-corrected chi connectivity index (χ1v) is 11.5. The van der Waals surface area contributed by atoms with Gasteiger partial charge in [-0.15, -0.1) is 0 Å². The number of nitrogens with zero attached hydrogens (tertiary/aromatic N) is 3. The van der Waals surface area contributed by atoms with E-state index in [4.69, 9.17) is 11.6 Å². The van der Waals surface area contributed by atoms with E-state index in [-0.39, 0.29) is 21.5 Å².